The summed E-state index contributed by atoms with van der Waals surface area (Å²) < 4.78 is 5.33. The van der Waals surface area contributed by atoms with E-state index in [-0.39, 0.29) is 17.4 Å². The van der Waals surface area contributed by atoms with Crippen molar-refractivity contribution in [3.05, 3.63) is 71.3 Å². The van der Waals surface area contributed by atoms with Crippen molar-refractivity contribution in [1.29, 1.82) is 0 Å². The number of carbonyl (C=O) groups is 1. The molecule has 0 aromatic heterocycles. The number of carbonyl (C=O) groups excluding carboxylic acids is 1. The fraction of sp³-hybridized carbons (Fsp3) is 0.118. The Morgan fingerprint density at radius 3 is 2.70 bits per heavy atom. The average molecular weight is 266 g/mol. The van der Waals surface area contributed by atoms with Crippen molar-refractivity contribution in [1.82, 2.24) is 0 Å². The Kier molecular flexibility index (Phi) is 3.25. The monoisotopic (exact) mass is 266 g/mol. The van der Waals surface area contributed by atoms with E-state index in [9.17, 15) is 9.90 Å². The predicted octanol–water partition coefficient (Wildman–Crippen LogP) is 3.19. The van der Waals surface area contributed by atoms with Crippen LogP contribution in [0.4, 0.5) is 0 Å². The summed E-state index contributed by atoms with van der Waals surface area (Å²) in [6.07, 6.45) is 4.10. The van der Waals surface area contributed by atoms with Gasteiger partial charge in [0.15, 0.2) is 0 Å². The van der Waals surface area contributed by atoms with E-state index in [2.05, 4.69) is 0 Å². The molecular formula is C17H14O3. The molecule has 1 atom stereocenters. The molecule has 2 aromatic rings. The Morgan fingerprint density at radius 1 is 1.10 bits per heavy atom. The fourth-order valence-electron chi connectivity index (χ4n) is 2.34. The Morgan fingerprint density at radius 2 is 1.90 bits per heavy atom. The third-order valence-corrected chi connectivity index (χ3v) is 3.32. The standard InChI is InChI=1S/C17H14O3/c18-15-8-4-7-13-11-14(20-17(19)16(13)15)10-9-12-5-2-1-3-6-12/h1-10,14,18H,11H2/b10-9+. The molecular weight excluding hydrogens is 252 g/mol. The Balaban J connectivity index is 1.82. The number of hydrogen-bond acceptors (Lipinski definition) is 3. The lowest BCUT2D eigenvalue weighted by Crippen LogP contribution is -2.26. The molecule has 1 heterocycles. The fourth-order valence-corrected chi connectivity index (χ4v) is 2.34. The van der Waals surface area contributed by atoms with Gasteiger partial charge in [0.05, 0.1) is 0 Å². The van der Waals surface area contributed by atoms with Gasteiger partial charge in [-0.25, -0.2) is 4.79 Å². The van der Waals surface area contributed by atoms with E-state index in [0.717, 1.165) is 11.1 Å². The van der Waals surface area contributed by atoms with E-state index in [0.29, 0.717) is 6.42 Å². The van der Waals surface area contributed by atoms with Crippen LogP contribution in [0.3, 0.4) is 0 Å². The first kappa shape index (κ1) is 12.5. The second-order valence-corrected chi connectivity index (χ2v) is 4.73. The minimum atomic E-state index is -0.466. The molecule has 20 heavy (non-hydrogen) atoms. The third kappa shape index (κ3) is 2.43. The molecule has 1 N–H and O–H groups in total. The summed E-state index contributed by atoms with van der Waals surface area (Å²) in [5.41, 5.74) is 2.17. The number of cyclic esters (lactones) is 1. The average Bonchev–Trinajstić information content (AvgIpc) is 2.46. The molecule has 0 radical (unpaired) electrons. The molecule has 0 spiro atoms. The first-order valence-electron chi connectivity index (χ1n) is 6.49. The van der Waals surface area contributed by atoms with Gasteiger partial charge < -0.3 is 9.84 Å². The Bertz CT molecular complexity index is 659. The normalized spacial score (nSPS) is 17.8. The van der Waals surface area contributed by atoms with Gasteiger partial charge in [0.1, 0.15) is 17.4 Å². The number of phenols is 1. The summed E-state index contributed by atoms with van der Waals surface area (Å²) in [4.78, 5) is 11.9. The van der Waals surface area contributed by atoms with E-state index in [1.807, 2.05) is 48.6 Å². The molecule has 3 rings (SSSR count). The highest BCUT2D eigenvalue weighted by molar-refractivity contribution is 5.95. The van der Waals surface area contributed by atoms with Crippen LogP contribution in [0.15, 0.2) is 54.6 Å². The third-order valence-electron chi connectivity index (χ3n) is 3.32. The zero-order valence-corrected chi connectivity index (χ0v) is 10.8. The van der Waals surface area contributed by atoms with Gasteiger partial charge in [-0.05, 0) is 23.3 Å². The highest BCUT2D eigenvalue weighted by Crippen LogP contribution is 2.28. The first-order valence-corrected chi connectivity index (χ1v) is 6.49. The molecule has 3 nitrogen and oxygen atoms in total. The van der Waals surface area contributed by atoms with Crippen molar-refractivity contribution in [2.75, 3.05) is 0 Å². The first-order chi connectivity index (χ1) is 9.74. The summed E-state index contributed by atoms with van der Waals surface area (Å²) >= 11 is 0. The number of rotatable bonds is 2. The van der Waals surface area contributed by atoms with E-state index >= 15 is 0 Å². The SMILES string of the molecule is O=C1OC(/C=C/c2ccccc2)Cc2cccc(O)c21. The van der Waals surface area contributed by atoms with Crippen molar-refractivity contribution in [3.8, 4) is 5.75 Å². The molecule has 1 aliphatic rings. The lowest BCUT2D eigenvalue weighted by molar-refractivity contribution is 0.0355. The maximum Gasteiger partial charge on any atom is 0.342 e. The summed E-state index contributed by atoms with van der Waals surface area (Å²) in [7, 11) is 0. The van der Waals surface area contributed by atoms with Gasteiger partial charge in [-0.2, -0.15) is 0 Å². The Labute approximate surface area is 117 Å². The van der Waals surface area contributed by atoms with Gasteiger partial charge in [-0.1, -0.05) is 48.5 Å². The quantitative estimate of drug-likeness (QED) is 0.849. The van der Waals surface area contributed by atoms with Crippen molar-refractivity contribution >= 4 is 12.0 Å². The number of phenolic OH excluding ortho intramolecular Hbond substituents is 1. The molecule has 100 valence electrons. The molecule has 0 fully saturated rings. The highest BCUT2D eigenvalue weighted by Gasteiger charge is 2.27. The molecule has 0 saturated heterocycles. The van der Waals surface area contributed by atoms with Crippen molar-refractivity contribution < 1.29 is 14.6 Å². The van der Waals surface area contributed by atoms with Crippen LogP contribution >= 0.6 is 0 Å². The van der Waals surface area contributed by atoms with Crippen molar-refractivity contribution in [2.45, 2.75) is 12.5 Å². The number of esters is 1. The highest BCUT2D eigenvalue weighted by atomic mass is 16.5. The zero-order chi connectivity index (χ0) is 13.9. The summed E-state index contributed by atoms with van der Waals surface area (Å²) in [6.45, 7) is 0. The van der Waals surface area contributed by atoms with Gasteiger partial charge >= 0.3 is 5.97 Å². The van der Waals surface area contributed by atoms with Crippen LogP contribution < -0.4 is 0 Å². The van der Waals surface area contributed by atoms with E-state index in [4.69, 9.17) is 4.74 Å². The van der Waals surface area contributed by atoms with Gasteiger partial charge in [-0.3, -0.25) is 0 Å². The minimum absolute atomic E-state index is 0.0158. The predicted molar refractivity (Wildman–Crippen MR) is 76.5 cm³/mol. The van der Waals surface area contributed by atoms with Gasteiger partial charge in [0.25, 0.3) is 0 Å². The van der Waals surface area contributed by atoms with Crippen LogP contribution in [0.25, 0.3) is 6.08 Å². The summed E-state index contributed by atoms with van der Waals surface area (Å²) in [5.74, 6) is -0.481. The molecule has 3 heteroatoms. The lowest BCUT2D eigenvalue weighted by atomic mass is 9.97. The topological polar surface area (TPSA) is 46.5 Å². The molecule has 1 unspecified atom stereocenters. The van der Waals surface area contributed by atoms with Crippen LogP contribution in [-0.4, -0.2) is 17.2 Å². The van der Waals surface area contributed by atoms with Crippen LogP contribution in [0.5, 0.6) is 5.75 Å². The van der Waals surface area contributed by atoms with E-state index in [1.165, 1.54) is 6.07 Å². The number of hydrogen-bond donors (Lipinski definition) is 1. The largest absolute Gasteiger partial charge is 0.507 e. The van der Waals surface area contributed by atoms with Crippen molar-refractivity contribution in [3.63, 3.8) is 0 Å². The maximum absolute atomic E-state index is 11.9. The molecule has 2 aromatic carbocycles. The van der Waals surface area contributed by atoms with Crippen LogP contribution in [-0.2, 0) is 11.2 Å². The second-order valence-electron chi connectivity index (χ2n) is 4.73. The molecule has 0 amide bonds. The van der Waals surface area contributed by atoms with Crippen LogP contribution in [0, 0.1) is 0 Å². The van der Waals surface area contributed by atoms with Gasteiger partial charge in [0, 0.05) is 6.42 Å². The van der Waals surface area contributed by atoms with E-state index < -0.39 is 5.97 Å². The molecule has 0 aliphatic carbocycles. The van der Waals surface area contributed by atoms with Crippen LogP contribution in [0.1, 0.15) is 21.5 Å². The smallest absolute Gasteiger partial charge is 0.342 e. The number of aromatic hydroxyl groups is 1. The maximum atomic E-state index is 11.9. The number of ether oxygens (including phenoxy) is 1. The molecule has 0 bridgehead atoms. The lowest BCUT2D eigenvalue weighted by Gasteiger charge is -2.22. The zero-order valence-electron chi connectivity index (χ0n) is 10.8. The Hall–Kier alpha value is -2.55. The second kappa shape index (κ2) is 5.21. The van der Waals surface area contributed by atoms with Gasteiger partial charge in [0.2, 0.25) is 0 Å². The van der Waals surface area contributed by atoms with Crippen LogP contribution in [0.2, 0.25) is 0 Å². The number of benzene rings is 2. The minimum Gasteiger partial charge on any atom is -0.507 e. The van der Waals surface area contributed by atoms with E-state index in [1.54, 1.807) is 6.07 Å². The summed E-state index contributed by atoms with van der Waals surface area (Å²) in [6, 6.07) is 14.9. The molecule has 0 saturated carbocycles. The number of fused-ring (bicyclic) bond motifs is 1. The summed E-state index contributed by atoms with van der Waals surface area (Å²) in [5, 5.41) is 9.70. The molecule has 1 aliphatic heterocycles. The van der Waals surface area contributed by atoms with Gasteiger partial charge in [-0.15, -0.1) is 0 Å². The van der Waals surface area contributed by atoms with Crippen molar-refractivity contribution in [2.24, 2.45) is 0 Å².